The van der Waals surface area contributed by atoms with Crippen molar-refractivity contribution >= 4 is 21.6 Å². The summed E-state index contributed by atoms with van der Waals surface area (Å²) >= 11 is 1.77. The van der Waals surface area contributed by atoms with Crippen LogP contribution in [0.3, 0.4) is 0 Å². The van der Waals surface area contributed by atoms with Crippen molar-refractivity contribution in [3.63, 3.8) is 0 Å². The molecule has 0 atom stereocenters. The van der Waals surface area contributed by atoms with Crippen LogP contribution in [0.5, 0.6) is 0 Å². The highest BCUT2D eigenvalue weighted by Gasteiger charge is 2.00. The lowest BCUT2D eigenvalue weighted by molar-refractivity contribution is 0.598. The molecule has 0 aliphatic heterocycles. The fraction of sp³-hybridized carbons (Fsp3) is 0.455. The highest BCUT2D eigenvalue weighted by molar-refractivity contribution is 7.99. The Bertz CT molecular complexity index is 390. The van der Waals surface area contributed by atoms with E-state index in [1.807, 2.05) is 18.2 Å². The molecule has 1 aromatic carbocycles. The highest BCUT2D eigenvalue weighted by Crippen LogP contribution is 2.15. The minimum Gasteiger partial charge on any atom is -0.315 e. The molecule has 0 amide bonds. The molecule has 3 nitrogen and oxygen atoms in total. The molecule has 0 radical (unpaired) electrons. The fourth-order valence-corrected chi connectivity index (χ4v) is 2.49. The van der Waals surface area contributed by atoms with Crippen molar-refractivity contribution in [3.05, 3.63) is 30.3 Å². The lowest BCUT2D eigenvalue weighted by atomic mass is 10.4. The standard InChI is InChI=1S/C11H17NO2S2/c1-16(13,14)10-8-12-7-9-15-11-5-3-2-4-6-11/h2-6,12H,7-10H2,1H3. The van der Waals surface area contributed by atoms with E-state index in [1.165, 1.54) is 11.2 Å². The predicted molar refractivity (Wildman–Crippen MR) is 69.7 cm³/mol. The number of nitrogens with one attached hydrogen (secondary N) is 1. The molecule has 0 spiro atoms. The Balaban J connectivity index is 2.05. The van der Waals surface area contributed by atoms with Crippen molar-refractivity contribution in [3.8, 4) is 0 Å². The molecule has 0 saturated carbocycles. The first-order chi connectivity index (χ1) is 7.58. The number of hydrogen-bond donors (Lipinski definition) is 1. The Labute approximate surface area is 102 Å². The monoisotopic (exact) mass is 259 g/mol. The van der Waals surface area contributed by atoms with E-state index in [-0.39, 0.29) is 5.75 Å². The second-order valence-electron chi connectivity index (χ2n) is 3.54. The third kappa shape index (κ3) is 6.87. The van der Waals surface area contributed by atoms with E-state index >= 15 is 0 Å². The summed E-state index contributed by atoms with van der Waals surface area (Å²) in [5, 5.41) is 3.11. The fourth-order valence-electron chi connectivity index (χ4n) is 1.14. The van der Waals surface area contributed by atoms with Crippen molar-refractivity contribution < 1.29 is 8.42 Å². The van der Waals surface area contributed by atoms with Gasteiger partial charge < -0.3 is 5.32 Å². The summed E-state index contributed by atoms with van der Waals surface area (Å²) in [6.07, 6.45) is 1.26. The van der Waals surface area contributed by atoms with Gasteiger partial charge in [-0.05, 0) is 12.1 Å². The van der Waals surface area contributed by atoms with E-state index in [4.69, 9.17) is 0 Å². The van der Waals surface area contributed by atoms with E-state index in [9.17, 15) is 8.42 Å². The summed E-state index contributed by atoms with van der Waals surface area (Å²) in [7, 11) is -2.83. The van der Waals surface area contributed by atoms with E-state index in [0.29, 0.717) is 6.54 Å². The lowest BCUT2D eigenvalue weighted by Crippen LogP contribution is -2.24. The van der Waals surface area contributed by atoms with Crippen LogP contribution in [0, 0.1) is 0 Å². The molecule has 0 unspecified atom stereocenters. The van der Waals surface area contributed by atoms with Gasteiger partial charge in [0, 0.05) is 30.0 Å². The average molecular weight is 259 g/mol. The predicted octanol–water partition coefficient (Wildman–Crippen LogP) is 1.41. The molecule has 1 aromatic rings. The minimum absolute atomic E-state index is 0.211. The molecule has 0 aliphatic carbocycles. The lowest BCUT2D eigenvalue weighted by Gasteiger charge is -2.03. The zero-order chi connectivity index (χ0) is 11.9. The summed E-state index contributed by atoms with van der Waals surface area (Å²) in [6, 6.07) is 10.2. The van der Waals surface area contributed by atoms with Crippen LogP contribution >= 0.6 is 11.8 Å². The third-order valence-corrected chi connectivity index (χ3v) is 3.90. The van der Waals surface area contributed by atoms with Gasteiger partial charge in [-0.15, -0.1) is 11.8 Å². The molecule has 0 aliphatic rings. The van der Waals surface area contributed by atoms with Crippen LogP contribution < -0.4 is 5.32 Å². The summed E-state index contributed by atoms with van der Waals surface area (Å²) in [5.41, 5.74) is 0. The van der Waals surface area contributed by atoms with Crippen molar-refractivity contribution in [2.45, 2.75) is 4.90 Å². The van der Waals surface area contributed by atoms with Gasteiger partial charge in [0.05, 0.1) is 5.75 Å². The molecule has 0 heterocycles. The molecular weight excluding hydrogens is 242 g/mol. The van der Waals surface area contributed by atoms with Gasteiger partial charge in [-0.1, -0.05) is 18.2 Å². The first kappa shape index (κ1) is 13.5. The summed E-state index contributed by atoms with van der Waals surface area (Å²) in [4.78, 5) is 1.24. The number of hydrogen-bond acceptors (Lipinski definition) is 4. The van der Waals surface area contributed by atoms with E-state index in [1.54, 1.807) is 11.8 Å². The Morgan fingerprint density at radius 2 is 1.88 bits per heavy atom. The van der Waals surface area contributed by atoms with Gasteiger partial charge in [0.2, 0.25) is 0 Å². The van der Waals surface area contributed by atoms with Crippen LogP contribution in [0.4, 0.5) is 0 Å². The summed E-state index contributed by atoms with van der Waals surface area (Å²) < 4.78 is 21.7. The number of thioether (sulfide) groups is 1. The zero-order valence-corrected chi connectivity index (χ0v) is 11.0. The molecule has 0 saturated heterocycles. The van der Waals surface area contributed by atoms with E-state index < -0.39 is 9.84 Å². The second-order valence-corrected chi connectivity index (χ2v) is 6.97. The van der Waals surface area contributed by atoms with Gasteiger partial charge in [0.1, 0.15) is 9.84 Å². The Morgan fingerprint density at radius 1 is 1.19 bits per heavy atom. The quantitative estimate of drug-likeness (QED) is 0.594. The maximum atomic E-state index is 10.8. The normalized spacial score (nSPS) is 11.6. The molecule has 0 aromatic heterocycles. The Hall–Kier alpha value is -0.520. The SMILES string of the molecule is CS(=O)(=O)CCNCCSc1ccccc1. The molecule has 5 heteroatoms. The molecule has 1 N–H and O–H groups in total. The first-order valence-electron chi connectivity index (χ1n) is 5.14. The van der Waals surface area contributed by atoms with Gasteiger partial charge in [0.15, 0.2) is 0 Å². The summed E-state index contributed by atoms with van der Waals surface area (Å²) in [6.45, 7) is 1.36. The number of benzene rings is 1. The molecular formula is C11H17NO2S2. The van der Waals surface area contributed by atoms with Crippen molar-refractivity contribution in [1.82, 2.24) is 5.32 Å². The van der Waals surface area contributed by atoms with Crippen LogP contribution in [0.25, 0.3) is 0 Å². The number of rotatable bonds is 7. The second kappa shape index (κ2) is 6.93. The van der Waals surface area contributed by atoms with Gasteiger partial charge in [0.25, 0.3) is 0 Å². The van der Waals surface area contributed by atoms with Crippen LogP contribution in [0.1, 0.15) is 0 Å². The summed E-state index contributed by atoms with van der Waals surface area (Å²) in [5.74, 6) is 1.16. The van der Waals surface area contributed by atoms with E-state index in [0.717, 1.165) is 12.3 Å². The van der Waals surface area contributed by atoms with Crippen molar-refractivity contribution in [1.29, 1.82) is 0 Å². The topological polar surface area (TPSA) is 46.2 Å². The average Bonchev–Trinajstić information content (AvgIpc) is 2.23. The largest absolute Gasteiger partial charge is 0.315 e. The maximum Gasteiger partial charge on any atom is 0.148 e. The van der Waals surface area contributed by atoms with Crippen molar-refractivity contribution in [2.75, 3.05) is 30.9 Å². The van der Waals surface area contributed by atoms with Gasteiger partial charge in [-0.2, -0.15) is 0 Å². The van der Waals surface area contributed by atoms with Gasteiger partial charge >= 0.3 is 0 Å². The van der Waals surface area contributed by atoms with Gasteiger partial charge in [-0.25, -0.2) is 8.42 Å². The van der Waals surface area contributed by atoms with Crippen molar-refractivity contribution in [2.24, 2.45) is 0 Å². The van der Waals surface area contributed by atoms with Gasteiger partial charge in [-0.3, -0.25) is 0 Å². The molecule has 90 valence electrons. The van der Waals surface area contributed by atoms with Crippen LogP contribution in [-0.2, 0) is 9.84 Å². The molecule has 0 bridgehead atoms. The van der Waals surface area contributed by atoms with Crippen LogP contribution in [0.15, 0.2) is 35.2 Å². The maximum absolute atomic E-state index is 10.8. The zero-order valence-electron chi connectivity index (χ0n) is 9.35. The molecule has 0 fully saturated rings. The Morgan fingerprint density at radius 3 is 2.50 bits per heavy atom. The number of sulfone groups is 1. The van der Waals surface area contributed by atoms with Crippen LogP contribution in [0.2, 0.25) is 0 Å². The smallest absolute Gasteiger partial charge is 0.148 e. The highest BCUT2D eigenvalue weighted by atomic mass is 32.2. The first-order valence-corrected chi connectivity index (χ1v) is 8.19. The Kier molecular flexibility index (Phi) is 5.87. The third-order valence-electron chi connectivity index (χ3n) is 1.94. The minimum atomic E-state index is -2.83. The van der Waals surface area contributed by atoms with E-state index in [2.05, 4.69) is 17.4 Å². The van der Waals surface area contributed by atoms with Crippen LogP contribution in [-0.4, -0.2) is 39.3 Å². The molecule has 16 heavy (non-hydrogen) atoms. The molecule has 1 rings (SSSR count).